The van der Waals surface area contributed by atoms with E-state index < -0.39 is 18.0 Å². The van der Waals surface area contributed by atoms with Gasteiger partial charge in [-0.25, -0.2) is 9.59 Å². The Kier molecular flexibility index (Phi) is 7.13. The van der Waals surface area contributed by atoms with E-state index in [-0.39, 0.29) is 0 Å². The Balaban J connectivity index is 2.40. The standard InChI is InChI=1S/C14H21N3O3/c15-9-4-10-16-14(20)17-12(13(18)19)8-7-11-5-2-1-3-6-11/h1-3,5-6,12H,4,7-10,15H2,(H,18,19)(H2,16,17,20). The minimum atomic E-state index is -1.03. The molecule has 5 N–H and O–H groups in total. The number of benzene rings is 1. The van der Waals surface area contributed by atoms with E-state index in [1.54, 1.807) is 0 Å². The highest BCUT2D eigenvalue weighted by atomic mass is 16.4. The second-order valence-corrected chi connectivity index (χ2v) is 4.46. The van der Waals surface area contributed by atoms with Gasteiger partial charge in [-0.15, -0.1) is 0 Å². The van der Waals surface area contributed by atoms with Crippen molar-refractivity contribution in [1.29, 1.82) is 0 Å². The fraction of sp³-hybridized carbons (Fsp3) is 0.429. The Morgan fingerprint density at radius 2 is 1.95 bits per heavy atom. The fourth-order valence-corrected chi connectivity index (χ4v) is 1.73. The number of aliphatic carboxylic acids is 1. The minimum absolute atomic E-state index is 0.351. The van der Waals surface area contributed by atoms with Crippen molar-refractivity contribution in [1.82, 2.24) is 10.6 Å². The number of hydrogen-bond donors (Lipinski definition) is 4. The van der Waals surface area contributed by atoms with Crippen molar-refractivity contribution in [3.05, 3.63) is 35.9 Å². The second-order valence-electron chi connectivity index (χ2n) is 4.46. The maximum Gasteiger partial charge on any atom is 0.326 e. The lowest BCUT2D eigenvalue weighted by atomic mass is 10.1. The molecule has 0 radical (unpaired) electrons. The van der Waals surface area contributed by atoms with Crippen LogP contribution >= 0.6 is 0 Å². The van der Waals surface area contributed by atoms with Crippen LogP contribution in [0.15, 0.2) is 30.3 Å². The Labute approximate surface area is 118 Å². The first-order valence-corrected chi connectivity index (χ1v) is 6.64. The van der Waals surface area contributed by atoms with Gasteiger partial charge in [-0.05, 0) is 31.4 Å². The van der Waals surface area contributed by atoms with Gasteiger partial charge in [-0.1, -0.05) is 30.3 Å². The number of carbonyl (C=O) groups is 2. The van der Waals surface area contributed by atoms with Gasteiger partial charge in [0.1, 0.15) is 6.04 Å². The first kappa shape index (κ1) is 16.0. The average Bonchev–Trinajstić information content (AvgIpc) is 2.44. The number of carbonyl (C=O) groups excluding carboxylic acids is 1. The van der Waals surface area contributed by atoms with Crippen molar-refractivity contribution < 1.29 is 14.7 Å². The number of hydrogen-bond acceptors (Lipinski definition) is 3. The minimum Gasteiger partial charge on any atom is -0.480 e. The topological polar surface area (TPSA) is 104 Å². The van der Waals surface area contributed by atoms with Crippen molar-refractivity contribution in [3.63, 3.8) is 0 Å². The van der Waals surface area contributed by atoms with Gasteiger partial charge in [0.25, 0.3) is 0 Å². The SMILES string of the molecule is NCCCNC(=O)NC(CCc1ccccc1)C(=O)O. The zero-order valence-electron chi connectivity index (χ0n) is 11.3. The van der Waals surface area contributed by atoms with Crippen LogP contribution < -0.4 is 16.4 Å². The van der Waals surface area contributed by atoms with Gasteiger partial charge in [0.15, 0.2) is 0 Å². The first-order chi connectivity index (χ1) is 9.63. The molecular formula is C14H21N3O3. The molecule has 0 heterocycles. The third-order valence-electron chi connectivity index (χ3n) is 2.83. The molecule has 0 bridgehead atoms. The summed E-state index contributed by atoms with van der Waals surface area (Å²) in [4.78, 5) is 22.6. The summed E-state index contributed by atoms with van der Waals surface area (Å²) >= 11 is 0. The van der Waals surface area contributed by atoms with Gasteiger partial charge >= 0.3 is 12.0 Å². The molecule has 6 heteroatoms. The van der Waals surface area contributed by atoms with E-state index in [9.17, 15) is 9.59 Å². The lowest BCUT2D eigenvalue weighted by molar-refractivity contribution is -0.139. The highest BCUT2D eigenvalue weighted by Gasteiger charge is 2.19. The summed E-state index contributed by atoms with van der Waals surface area (Å²) in [5, 5.41) is 14.1. The zero-order chi connectivity index (χ0) is 14.8. The van der Waals surface area contributed by atoms with Crippen molar-refractivity contribution in [3.8, 4) is 0 Å². The molecule has 0 fully saturated rings. The summed E-state index contributed by atoms with van der Waals surface area (Å²) < 4.78 is 0. The predicted molar refractivity (Wildman–Crippen MR) is 76.4 cm³/mol. The van der Waals surface area contributed by atoms with E-state index in [4.69, 9.17) is 10.8 Å². The molecule has 0 aliphatic rings. The molecule has 1 unspecified atom stereocenters. The van der Waals surface area contributed by atoms with Gasteiger partial charge < -0.3 is 21.5 Å². The number of rotatable bonds is 8. The maximum absolute atomic E-state index is 11.5. The van der Waals surface area contributed by atoms with E-state index in [0.717, 1.165) is 5.56 Å². The summed E-state index contributed by atoms with van der Waals surface area (Å²) in [5.41, 5.74) is 6.36. The zero-order valence-corrected chi connectivity index (χ0v) is 11.3. The average molecular weight is 279 g/mol. The van der Waals surface area contributed by atoms with Crippen LogP contribution in [0.3, 0.4) is 0 Å². The number of carboxylic acids is 1. The molecule has 6 nitrogen and oxygen atoms in total. The van der Waals surface area contributed by atoms with Crippen LogP contribution in [-0.4, -0.2) is 36.2 Å². The second kappa shape index (κ2) is 8.92. The Morgan fingerprint density at radius 3 is 2.55 bits per heavy atom. The molecule has 0 aliphatic carbocycles. The van der Waals surface area contributed by atoms with Crippen LogP contribution in [0.4, 0.5) is 4.79 Å². The van der Waals surface area contributed by atoms with Crippen molar-refractivity contribution in [2.24, 2.45) is 5.73 Å². The number of nitrogens with one attached hydrogen (secondary N) is 2. The van der Waals surface area contributed by atoms with Gasteiger partial charge in [-0.3, -0.25) is 0 Å². The van der Waals surface area contributed by atoms with E-state index >= 15 is 0 Å². The van der Waals surface area contributed by atoms with Crippen LogP contribution in [0.1, 0.15) is 18.4 Å². The number of aryl methyl sites for hydroxylation is 1. The van der Waals surface area contributed by atoms with Gasteiger partial charge in [0.05, 0.1) is 0 Å². The Hall–Kier alpha value is -2.08. The largest absolute Gasteiger partial charge is 0.480 e. The molecule has 1 aromatic carbocycles. The molecule has 0 spiro atoms. The van der Waals surface area contributed by atoms with Crippen LogP contribution in [0.5, 0.6) is 0 Å². The summed E-state index contributed by atoms with van der Waals surface area (Å²) in [6, 6.07) is 8.20. The van der Waals surface area contributed by atoms with Gasteiger partial charge in [0, 0.05) is 6.54 Å². The van der Waals surface area contributed by atoms with E-state index in [1.165, 1.54) is 0 Å². The predicted octanol–water partition coefficient (Wildman–Crippen LogP) is 0.720. The van der Waals surface area contributed by atoms with Crippen LogP contribution in [-0.2, 0) is 11.2 Å². The Bertz CT molecular complexity index is 423. The molecule has 0 saturated heterocycles. The molecule has 0 aliphatic heterocycles. The molecule has 110 valence electrons. The molecular weight excluding hydrogens is 258 g/mol. The van der Waals surface area contributed by atoms with Crippen LogP contribution in [0, 0.1) is 0 Å². The van der Waals surface area contributed by atoms with Crippen molar-refractivity contribution in [2.75, 3.05) is 13.1 Å². The molecule has 20 heavy (non-hydrogen) atoms. The van der Waals surface area contributed by atoms with Crippen LogP contribution in [0.25, 0.3) is 0 Å². The molecule has 2 amide bonds. The number of amides is 2. The maximum atomic E-state index is 11.5. The quantitative estimate of drug-likeness (QED) is 0.526. The molecule has 1 rings (SSSR count). The lowest BCUT2D eigenvalue weighted by Gasteiger charge is -2.15. The molecule has 1 aromatic rings. The number of urea groups is 1. The monoisotopic (exact) mass is 279 g/mol. The molecule has 0 saturated carbocycles. The lowest BCUT2D eigenvalue weighted by Crippen LogP contribution is -2.46. The van der Waals surface area contributed by atoms with Gasteiger partial charge in [-0.2, -0.15) is 0 Å². The molecule has 0 aromatic heterocycles. The van der Waals surface area contributed by atoms with E-state index in [2.05, 4.69) is 10.6 Å². The fourth-order valence-electron chi connectivity index (χ4n) is 1.73. The van der Waals surface area contributed by atoms with Crippen molar-refractivity contribution >= 4 is 12.0 Å². The van der Waals surface area contributed by atoms with Crippen molar-refractivity contribution in [2.45, 2.75) is 25.3 Å². The van der Waals surface area contributed by atoms with Crippen LogP contribution in [0.2, 0.25) is 0 Å². The Morgan fingerprint density at radius 1 is 1.25 bits per heavy atom. The highest BCUT2D eigenvalue weighted by molar-refractivity contribution is 5.82. The first-order valence-electron chi connectivity index (χ1n) is 6.64. The number of nitrogens with two attached hydrogens (primary N) is 1. The third kappa shape index (κ3) is 6.19. The highest BCUT2D eigenvalue weighted by Crippen LogP contribution is 2.05. The molecule has 1 atom stereocenters. The summed E-state index contributed by atoms with van der Waals surface area (Å²) in [6.07, 6.45) is 1.61. The summed E-state index contributed by atoms with van der Waals surface area (Å²) in [6.45, 7) is 0.921. The smallest absolute Gasteiger partial charge is 0.326 e. The summed E-state index contributed by atoms with van der Waals surface area (Å²) in [5.74, 6) is -1.03. The van der Waals surface area contributed by atoms with E-state index in [1.807, 2.05) is 30.3 Å². The number of carboxylic acid groups (broad SMARTS) is 1. The third-order valence-corrected chi connectivity index (χ3v) is 2.83. The summed E-state index contributed by atoms with van der Waals surface area (Å²) in [7, 11) is 0. The van der Waals surface area contributed by atoms with E-state index in [0.29, 0.717) is 32.4 Å². The van der Waals surface area contributed by atoms with Gasteiger partial charge in [0.2, 0.25) is 0 Å². The normalized spacial score (nSPS) is 11.7.